The predicted octanol–water partition coefficient (Wildman–Crippen LogP) is 4.87. The largest absolute Gasteiger partial charge is 0.478 e. The number of carboxylic acids is 1. The molecule has 0 aliphatic carbocycles. The first kappa shape index (κ1) is 21.8. The first-order valence-electron chi connectivity index (χ1n) is 5.63. The van der Waals surface area contributed by atoms with Crippen LogP contribution in [-0.4, -0.2) is 29.1 Å². The lowest BCUT2D eigenvalue weighted by Crippen LogP contribution is -2.60. The van der Waals surface area contributed by atoms with Gasteiger partial charge in [0.25, 0.3) is 0 Å². The van der Waals surface area contributed by atoms with Crippen molar-refractivity contribution < 1.29 is 67.0 Å². The topological polar surface area (TPSA) is 37.3 Å². The molecule has 0 saturated carbocycles. The van der Waals surface area contributed by atoms with Crippen molar-refractivity contribution in [2.75, 3.05) is 0 Å². The monoisotopic (exact) mass is 412 g/mol. The Morgan fingerprint density at radius 1 is 0.654 bits per heavy atom. The number of benzene rings is 1. The van der Waals surface area contributed by atoms with Gasteiger partial charge in [-0.15, -0.1) is 0 Å². The van der Waals surface area contributed by atoms with Gasteiger partial charge < -0.3 is 5.11 Å². The summed E-state index contributed by atoms with van der Waals surface area (Å²) < 4.78 is 168. The lowest BCUT2D eigenvalue weighted by Gasteiger charge is -2.34. The number of rotatable bonds is 4. The number of hydrogen-bond acceptors (Lipinski definition) is 1. The number of halogens is 13. The van der Waals surface area contributed by atoms with Crippen molar-refractivity contribution in [2.45, 2.75) is 23.9 Å². The van der Waals surface area contributed by atoms with Crippen LogP contribution in [0.2, 0.25) is 0 Å². The Hall–Kier alpha value is -2.22. The van der Waals surface area contributed by atoms with E-state index in [1.807, 2.05) is 0 Å². The Balaban J connectivity index is 3.98. The fourth-order valence-electron chi connectivity index (χ4n) is 1.66. The molecule has 2 nitrogen and oxygen atoms in total. The highest BCUT2D eigenvalue weighted by Crippen LogP contribution is 2.57. The van der Waals surface area contributed by atoms with Gasteiger partial charge in [-0.2, -0.15) is 39.5 Å². The van der Waals surface area contributed by atoms with Crippen LogP contribution in [-0.2, 0) is 5.92 Å². The van der Waals surface area contributed by atoms with E-state index in [2.05, 4.69) is 0 Å². The van der Waals surface area contributed by atoms with Crippen LogP contribution in [0.15, 0.2) is 0 Å². The normalized spacial score (nSPS) is 13.9. The van der Waals surface area contributed by atoms with Gasteiger partial charge in [0.2, 0.25) is 0 Å². The summed E-state index contributed by atoms with van der Waals surface area (Å²) in [5.41, 5.74) is -6.82. The summed E-state index contributed by atoms with van der Waals surface area (Å²) in [6, 6.07) is 0. The smallest absolute Gasteiger partial charge is 0.460 e. The van der Waals surface area contributed by atoms with Crippen LogP contribution >= 0.6 is 0 Å². The van der Waals surface area contributed by atoms with Crippen LogP contribution in [0, 0.1) is 23.3 Å². The number of aromatic carboxylic acids is 1. The van der Waals surface area contributed by atoms with Crippen molar-refractivity contribution in [2.24, 2.45) is 0 Å². The summed E-state index contributed by atoms with van der Waals surface area (Å²) in [7, 11) is 0. The summed E-state index contributed by atoms with van der Waals surface area (Å²) in [6.07, 6.45) is -7.36. The molecule has 0 saturated heterocycles. The first-order chi connectivity index (χ1) is 11.3. The molecule has 0 aliphatic rings. The van der Waals surface area contributed by atoms with Crippen LogP contribution in [0.3, 0.4) is 0 Å². The first-order valence-corrected chi connectivity index (χ1v) is 5.63. The van der Waals surface area contributed by atoms with Crippen molar-refractivity contribution in [1.29, 1.82) is 0 Å². The zero-order valence-electron chi connectivity index (χ0n) is 11.3. The summed E-state index contributed by atoms with van der Waals surface area (Å²) >= 11 is 0. The minimum Gasteiger partial charge on any atom is -0.478 e. The predicted molar refractivity (Wildman–Crippen MR) is 53.1 cm³/mol. The molecule has 0 amide bonds. The van der Waals surface area contributed by atoms with Crippen LogP contribution in [0.4, 0.5) is 57.1 Å². The molecule has 0 bridgehead atoms. The maximum absolute atomic E-state index is 13.6. The van der Waals surface area contributed by atoms with E-state index in [1.54, 1.807) is 0 Å². The molecule has 0 radical (unpaired) electrons. The molecule has 0 spiro atoms. The van der Waals surface area contributed by atoms with E-state index >= 15 is 0 Å². The molecular weight excluding hydrogens is 411 g/mol. The Bertz CT molecular complexity index is 750. The van der Waals surface area contributed by atoms with E-state index in [4.69, 9.17) is 5.11 Å². The molecule has 1 rings (SSSR count). The van der Waals surface area contributed by atoms with Crippen molar-refractivity contribution >= 4 is 5.97 Å². The Labute approximate surface area is 132 Å². The maximum atomic E-state index is 13.6. The number of hydrogen-bond donors (Lipinski definition) is 1. The van der Waals surface area contributed by atoms with Gasteiger partial charge in [-0.05, 0) is 0 Å². The second kappa shape index (κ2) is 5.90. The SMILES string of the molecule is O=C(O)c1c(F)c(F)c(F)c(F)c1C(F)(F)C(F)(F)C(F)(F)C(F)(F)F. The molecule has 1 aromatic carbocycles. The van der Waals surface area contributed by atoms with Crippen LogP contribution in [0.1, 0.15) is 15.9 Å². The zero-order valence-corrected chi connectivity index (χ0v) is 11.3. The summed E-state index contributed by atoms with van der Waals surface area (Å²) in [5, 5.41) is 8.39. The molecule has 15 heteroatoms. The molecule has 0 aromatic heterocycles. The lowest BCUT2D eigenvalue weighted by molar-refractivity contribution is -0.400. The molecule has 1 aromatic rings. The van der Waals surface area contributed by atoms with Crippen molar-refractivity contribution in [1.82, 2.24) is 0 Å². The minimum absolute atomic E-state index is 3.09. The average molecular weight is 412 g/mol. The van der Waals surface area contributed by atoms with Gasteiger partial charge in [-0.1, -0.05) is 0 Å². The fourth-order valence-corrected chi connectivity index (χ4v) is 1.66. The summed E-state index contributed by atoms with van der Waals surface area (Å²) in [4.78, 5) is 10.6. The molecule has 1 N–H and O–H groups in total. The number of alkyl halides is 9. The lowest BCUT2D eigenvalue weighted by atomic mass is 9.91. The van der Waals surface area contributed by atoms with Crippen molar-refractivity contribution in [3.8, 4) is 0 Å². The Kier molecular flexibility index (Phi) is 4.96. The second-order valence-corrected chi connectivity index (χ2v) is 4.53. The van der Waals surface area contributed by atoms with Crippen molar-refractivity contribution in [3.05, 3.63) is 34.4 Å². The van der Waals surface area contributed by atoms with Gasteiger partial charge in [-0.25, -0.2) is 22.4 Å². The van der Waals surface area contributed by atoms with Gasteiger partial charge in [0.1, 0.15) is 5.56 Å². The van der Waals surface area contributed by atoms with E-state index in [1.165, 1.54) is 0 Å². The van der Waals surface area contributed by atoms with Crippen LogP contribution in [0.5, 0.6) is 0 Å². The third-order valence-electron chi connectivity index (χ3n) is 2.94. The van der Waals surface area contributed by atoms with Gasteiger partial charge in [0, 0.05) is 0 Å². The average Bonchev–Trinajstić information content (AvgIpc) is 2.46. The van der Waals surface area contributed by atoms with E-state index in [0.717, 1.165) is 0 Å². The third kappa shape index (κ3) is 2.72. The molecule has 0 atom stereocenters. The third-order valence-corrected chi connectivity index (χ3v) is 2.94. The van der Waals surface area contributed by atoms with Crippen LogP contribution < -0.4 is 0 Å². The second-order valence-electron chi connectivity index (χ2n) is 4.53. The molecule has 0 unspecified atom stereocenters. The van der Waals surface area contributed by atoms with E-state index in [0.29, 0.717) is 0 Å². The van der Waals surface area contributed by atoms with E-state index in [9.17, 15) is 61.9 Å². The molecular formula is C11HF13O2. The molecule has 0 heterocycles. The molecule has 0 fully saturated rings. The number of carbonyl (C=O) groups is 1. The minimum atomic E-state index is -7.63. The zero-order chi connectivity index (χ0) is 21.0. The number of carboxylic acid groups (broad SMARTS) is 1. The highest BCUT2D eigenvalue weighted by atomic mass is 19.4. The quantitative estimate of drug-likeness (QED) is 0.436. The molecule has 0 aliphatic heterocycles. The van der Waals surface area contributed by atoms with E-state index in [-0.39, 0.29) is 0 Å². The Morgan fingerprint density at radius 2 is 1.04 bits per heavy atom. The Morgan fingerprint density at radius 3 is 1.38 bits per heavy atom. The summed E-state index contributed by atoms with van der Waals surface area (Å²) in [6.45, 7) is 0. The fraction of sp³-hybridized carbons (Fsp3) is 0.364. The maximum Gasteiger partial charge on any atom is 0.460 e. The highest BCUT2D eigenvalue weighted by Gasteiger charge is 2.82. The molecule has 148 valence electrons. The van der Waals surface area contributed by atoms with Gasteiger partial charge in [0.05, 0.1) is 5.56 Å². The molecule has 26 heavy (non-hydrogen) atoms. The standard InChI is InChI=1S/C11HF13O2/c12-3-1(7(25)26)2(4(13)6(15)5(3)14)8(16,17)9(18,19)10(20,21)11(22,23)24/h(H,25,26). The van der Waals surface area contributed by atoms with E-state index < -0.39 is 64.3 Å². The summed E-state index contributed by atoms with van der Waals surface area (Å²) in [5.74, 6) is -38.8. The van der Waals surface area contributed by atoms with Gasteiger partial charge >= 0.3 is 29.9 Å². The highest BCUT2D eigenvalue weighted by molar-refractivity contribution is 5.90. The van der Waals surface area contributed by atoms with Crippen LogP contribution in [0.25, 0.3) is 0 Å². The van der Waals surface area contributed by atoms with Crippen molar-refractivity contribution in [3.63, 3.8) is 0 Å². The van der Waals surface area contributed by atoms with Gasteiger partial charge in [-0.3, -0.25) is 0 Å². The van der Waals surface area contributed by atoms with Gasteiger partial charge in [0.15, 0.2) is 23.3 Å².